The van der Waals surface area contributed by atoms with Gasteiger partial charge in [-0.15, -0.1) is 11.3 Å². The first-order valence-corrected chi connectivity index (χ1v) is 8.32. The minimum absolute atomic E-state index is 0.187. The van der Waals surface area contributed by atoms with Gasteiger partial charge in [-0.3, -0.25) is 15.5 Å². The van der Waals surface area contributed by atoms with E-state index >= 15 is 0 Å². The van der Waals surface area contributed by atoms with Crippen LogP contribution in [0, 0.1) is 10.1 Å². The molecule has 0 unspecified atom stereocenters. The van der Waals surface area contributed by atoms with Crippen LogP contribution in [0.1, 0.15) is 5.56 Å². The molecule has 1 heterocycles. The number of hydrogen-bond donors (Lipinski definition) is 2. The molecular weight excluding hydrogens is 356 g/mol. The van der Waals surface area contributed by atoms with Gasteiger partial charge in [0.2, 0.25) is 10.9 Å². The van der Waals surface area contributed by atoms with Crippen molar-refractivity contribution < 1.29 is 14.8 Å². The summed E-state index contributed by atoms with van der Waals surface area (Å²) in [4.78, 5) is 14.9. The summed E-state index contributed by atoms with van der Waals surface area (Å²) in [5.41, 5.74) is 4.61. The van der Waals surface area contributed by atoms with Gasteiger partial charge in [-0.25, -0.2) is 4.98 Å². The number of aromatic hydroxyl groups is 1. The molecule has 0 fully saturated rings. The van der Waals surface area contributed by atoms with Gasteiger partial charge in [0.05, 0.1) is 23.9 Å². The Morgan fingerprint density at radius 2 is 2.12 bits per heavy atom. The van der Waals surface area contributed by atoms with Crippen molar-refractivity contribution in [2.75, 3.05) is 12.5 Å². The van der Waals surface area contributed by atoms with E-state index in [1.165, 1.54) is 36.8 Å². The zero-order chi connectivity index (χ0) is 18.5. The normalized spacial score (nSPS) is 10.8. The number of rotatable bonds is 6. The van der Waals surface area contributed by atoms with E-state index in [0.29, 0.717) is 10.7 Å². The van der Waals surface area contributed by atoms with Crippen LogP contribution in [-0.2, 0) is 0 Å². The van der Waals surface area contributed by atoms with Crippen LogP contribution >= 0.6 is 11.3 Å². The highest BCUT2D eigenvalue weighted by atomic mass is 32.1. The fraction of sp³-hybridized carbons (Fsp3) is 0.0588. The highest BCUT2D eigenvalue weighted by Crippen LogP contribution is 2.36. The maximum Gasteiger partial charge on any atom is 0.315 e. The molecule has 0 aliphatic rings. The fourth-order valence-electron chi connectivity index (χ4n) is 2.27. The van der Waals surface area contributed by atoms with Gasteiger partial charge >= 0.3 is 5.69 Å². The number of nitrogens with one attached hydrogen (secondary N) is 1. The molecule has 0 aliphatic heterocycles. The lowest BCUT2D eigenvalue weighted by Crippen LogP contribution is -1.97. The van der Waals surface area contributed by atoms with Gasteiger partial charge in [0, 0.05) is 22.6 Å². The van der Waals surface area contributed by atoms with Crippen LogP contribution in [0.3, 0.4) is 0 Å². The molecule has 0 saturated heterocycles. The molecule has 3 rings (SSSR count). The predicted octanol–water partition coefficient (Wildman–Crippen LogP) is 3.88. The largest absolute Gasteiger partial charge is 0.504 e. The molecule has 2 N–H and O–H groups in total. The summed E-state index contributed by atoms with van der Waals surface area (Å²) in [7, 11) is 1.25. The minimum atomic E-state index is -0.629. The summed E-state index contributed by atoms with van der Waals surface area (Å²) < 4.78 is 4.85. The molecule has 2 aromatic carbocycles. The fourth-order valence-corrected chi connectivity index (χ4v) is 2.94. The van der Waals surface area contributed by atoms with Gasteiger partial charge in [0.25, 0.3) is 0 Å². The topological polar surface area (TPSA) is 110 Å². The number of phenolic OH excluding ortho intramolecular Hbond substituents is 1. The summed E-state index contributed by atoms with van der Waals surface area (Å²) in [6, 6.07) is 12.3. The molecule has 0 spiro atoms. The molecule has 8 nitrogen and oxygen atoms in total. The van der Waals surface area contributed by atoms with E-state index in [1.54, 1.807) is 0 Å². The van der Waals surface area contributed by atoms with Gasteiger partial charge in [-0.05, 0) is 6.07 Å². The summed E-state index contributed by atoms with van der Waals surface area (Å²) in [5, 5.41) is 27.4. The number of nitro benzene ring substituents is 1. The third-order valence-electron chi connectivity index (χ3n) is 3.42. The SMILES string of the molecule is COc1c(O)cc(C=NNc2nc(-c3ccccc3)cs2)cc1[N+](=O)[O-]. The first-order chi connectivity index (χ1) is 12.6. The summed E-state index contributed by atoms with van der Waals surface area (Å²) in [6.07, 6.45) is 1.36. The highest BCUT2D eigenvalue weighted by Gasteiger charge is 2.20. The molecule has 0 aliphatic carbocycles. The molecule has 1 aromatic heterocycles. The van der Waals surface area contributed by atoms with Crippen molar-refractivity contribution in [3.8, 4) is 22.8 Å². The zero-order valence-electron chi connectivity index (χ0n) is 13.6. The van der Waals surface area contributed by atoms with E-state index in [2.05, 4.69) is 15.5 Å². The van der Waals surface area contributed by atoms with Gasteiger partial charge in [0.1, 0.15) is 0 Å². The van der Waals surface area contributed by atoms with Crippen molar-refractivity contribution in [2.45, 2.75) is 0 Å². The molecule has 26 heavy (non-hydrogen) atoms. The number of phenols is 1. The smallest absolute Gasteiger partial charge is 0.315 e. The maximum atomic E-state index is 11.1. The van der Waals surface area contributed by atoms with Crippen LogP contribution in [0.25, 0.3) is 11.3 Å². The predicted molar refractivity (Wildman–Crippen MR) is 100 cm³/mol. The lowest BCUT2D eigenvalue weighted by atomic mass is 10.2. The van der Waals surface area contributed by atoms with Crippen molar-refractivity contribution >= 4 is 28.4 Å². The average Bonchev–Trinajstić information content (AvgIpc) is 3.11. The quantitative estimate of drug-likeness (QED) is 0.387. The van der Waals surface area contributed by atoms with Crippen molar-refractivity contribution in [3.63, 3.8) is 0 Å². The molecule has 0 saturated carbocycles. The molecular formula is C17H14N4O4S. The second-order valence-corrected chi connectivity index (χ2v) is 5.98. The summed E-state index contributed by atoms with van der Waals surface area (Å²) >= 11 is 1.38. The lowest BCUT2D eigenvalue weighted by Gasteiger charge is -2.05. The number of nitro groups is 1. The molecule has 0 amide bonds. The van der Waals surface area contributed by atoms with Gasteiger partial charge in [-0.2, -0.15) is 5.10 Å². The van der Waals surface area contributed by atoms with Crippen LogP contribution in [0.2, 0.25) is 0 Å². The first-order valence-electron chi connectivity index (χ1n) is 7.44. The second kappa shape index (κ2) is 7.62. The molecule has 3 aromatic rings. The number of anilines is 1. The Morgan fingerprint density at radius 3 is 2.81 bits per heavy atom. The van der Waals surface area contributed by atoms with Gasteiger partial charge in [0.15, 0.2) is 5.75 Å². The number of aromatic nitrogens is 1. The zero-order valence-corrected chi connectivity index (χ0v) is 14.4. The second-order valence-electron chi connectivity index (χ2n) is 5.12. The Bertz CT molecular complexity index is 957. The Kier molecular flexibility index (Phi) is 5.09. The molecule has 0 radical (unpaired) electrons. The van der Waals surface area contributed by atoms with Crippen LogP contribution in [-0.4, -0.2) is 28.3 Å². The Hall–Kier alpha value is -3.46. The number of benzene rings is 2. The van der Waals surface area contributed by atoms with Crippen LogP contribution in [0.4, 0.5) is 10.8 Å². The maximum absolute atomic E-state index is 11.1. The minimum Gasteiger partial charge on any atom is -0.504 e. The number of methoxy groups -OCH3 is 1. The standard InChI is InChI=1S/C17H14N4O4S/c1-25-16-14(21(23)24)7-11(8-15(16)22)9-18-20-17-19-13(10-26-17)12-5-3-2-4-6-12/h2-10,22H,1H3,(H,19,20). The van der Waals surface area contributed by atoms with Crippen molar-refractivity contribution in [2.24, 2.45) is 5.10 Å². The molecule has 0 atom stereocenters. The number of hydrogen-bond acceptors (Lipinski definition) is 8. The number of nitrogens with zero attached hydrogens (tertiary/aromatic N) is 3. The number of thiazole rings is 1. The van der Waals surface area contributed by atoms with E-state index in [-0.39, 0.29) is 17.2 Å². The van der Waals surface area contributed by atoms with Gasteiger partial charge in [-0.1, -0.05) is 30.3 Å². The molecule has 0 bridgehead atoms. The number of hydrazone groups is 1. The van der Waals surface area contributed by atoms with Crippen LogP contribution in [0.5, 0.6) is 11.5 Å². The van der Waals surface area contributed by atoms with Crippen molar-refractivity contribution in [1.29, 1.82) is 0 Å². The Balaban J connectivity index is 1.75. The third-order valence-corrected chi connectivity index (χ3v) is 4.17. The molecule has 9 heteroatoms. The lowest BCUT2D eigenvalue weighted by molar-refractivity contribution is -0.385. The molecule has 132 valence electrons. The van der Waals surface area contributed by atoms with Gasteiger partial charge < -0.3 is 9.84 Å². The number of ether oxygens (including phenoxy) is 1. The third kappa shape index (κ3) is 3.78. The monoisotopic (exact) mass is 370 g/mol. The van der Waals surface area contributed by atoms with E-state index in [0.717, 1.165) is 11.3 Å². The highest BCUT2D eigenvalue weighted by molar-refractivity contribution is 7.14. The summed E-state index contributed by atoms with van der Waals surface area (Å²) in [6.45, 7) is 0. The van der Waals surface area contributed by atoms with Crippen molar-refractivity contribution in [1.82, 2.24) is 4.98 Å². The first kappa shape index (κ1) is 17.4. The van der Waals surface area contributed by atoms with E-state index in [1.807, 2.05) is 35.7 Å². The van der Waals surface area contributed by atoms with E-state index in [9.17, 15) is 15.2 Å². The van der Waals surface area contributed by atoms with Crippen molar-refractivity contribution in [3.05, 3.63) is 63.5 Å². The Morgan fingerprint density at radius 1 is 1.35 bits per heavy atom. The van der Waals surface area contributed by atoms with Crippen LogP contribution in [0.15, 0.2) is 52.9 Å². The van der Waals surface area contributed by atoms with Crippen LogP contribution < -0.4 is 10.2 Å². The van der Waals surface area contributed by atoms with E-state index in [4.69, 9.17) is 4.74 Å². The summed E-state index contributed by atoms with van der Waals surface area (Å²) in [5.74, 6) is -0.517. The average molecular weight is 370 g/mol. The van der Waals surface area contributed by atoms with E-state index < -0.39 is 4.92 Å². The Labute approximate surface area is 152 Å².